The Hall–Kier alpha value is 0.230. The van der Waals surface area contributed by atoms with Crippen LogP contribution in [0.5, 0.6) is 0 Å². The standard InChI is InChI=1S/C17H37NO2S/c1-3-4-5-6-7-10-13-20-16-17(19)15-18-12-9-8-11-14-21-2/h17-19H,3-16H2,1-2H3. The van der Waals surface area contributed by atoms with E-state index < -0.39 is 0 Å². The van der Waals surface area contributed by atoms with Crippen LogP contribution in [0.15, 0.2) is 0 Å². The van der Waals surface area contributed by atoms with Crippen molar-refractivity contribution in [3.63, 3.8) is 0 Å². The third-order valence-electron chi connectivity index (χ3n) is 3.53. The summed E-state index contributed by atoms with van der Waals surface area (Å²) in [5.41, 5.74) is 0. The topological polar surface area (TPSA) is 41.5 Å². The van der Waals surface area contributed by atoms with Crippen molar-refractivity contribution in [2.75, 3.05) is 38.3 Å². The number of hydrogen-bond donors (Lipinski definition) is 2. The quantitative estimate of drug-likeness (QED) is 0.400. The van der Waals surface area contributed by atoms with Crippen molar-refractivity contribution in [2.45, 2.75) is 70.8 Å². The SMILES string of the molecule is CCCCCCCCOCC(O)CNCCCCCSC. The van der Waals surface area contributed by atoms with Gasteiger partial charge in [-0.15, -0.1) is 0 Å². The first-order valence-corrected chi connectivity index (χ1v) is 10.2. The van der Waals surface area contributed by atoms with Crippen LogP contribution in [0.25, 0.3) is 0 Å². The molecule has 0 spiro atoms. The Morgan fingerprint density at radius 1 is 1.00 bits per heavy atom. The van der Waals surface area contributed by atoms with Gasteiger partial charge in [0.05, 0.1) is 12.7 Å². The average molecular weight is 320 g/mol. The second-order valence-corrected chi connectivity index (χ2v) is 6.74. The van der Waals surface area contributed by atoms with Gasteiger partial charge >= 0.3 is 0 Å². The van der Waals surface area contributed by atoms with Crippen molar-refractivity contribution >= 4 is 11.8 Å². The van der Waals surface area contributed by atoms with E-state index in [1.807, 2.05) is 11.8 Å². The Balaban J connectivity index is 3.11. The van der Waals surface area contributed by atoms with Gasteiger partial charge < -0.3 is 15.2 Å². The predicted octanol–water partition coefficient (Wildman–Crippen LogP) is 3.85. The molecule has 0 aliphatic rings. The Bertz CT molecular complexity index is 194. The molecule has 0 aromatic rings. The van der Waals surface area contributed by atoms with E-state index in [0.29, 0.717) is 13.2 Å². The van der Waals surface area contributed by atoms with Crippen LogP contribution in [0.4, 0.5) is 0 Å². The smallest absolute Gasteiger partial charge is 0.0897 e. The van der Waals surface area contributed by atoms with Crippen LogP contribution in [0, 0.1) is 0 Å². The van der Waals surface area contributed by atoms with Gasteiger partial charge in [-0.25, -0.2) is 0 Å². The number of thioether (sulfide) groups is 1. The minimum atomic E-state index is -0.365. The van der Waals surface area contributed by atoms with Gasteiger partial charge in [0, 0.05) is 13.2 Å². The van der Waals surface area contributed by atoms with E-state index in [0.717, 1.165) is 19.6 Å². The first-order chi connectivity index (χ1) is 10.3. The molecule has 0 amide bonds. The number of aliphatic hydroxyl groups excluding tert-OH is 1. The van der Waals surface area contributed by atoms with Crippen LogP contribution in [0.1, 0.15) is 64.7 Å². The second kappa shape index (κ2) is 18.3. The lowest BCUT2D eigenvalue weighted by Gasteiger charge is -2.12. The van der Waals surface area contributed by atoms with Gasteiger partial charge in [-0.05, 0) is 37.8 Å². The Morgan fingerprint density at radius 2 is 1.71 bits per heavy atom. The zero-order valence-corrected chi connectivity index (χ0v) is 15.1. The van der Waals surface area contributed by atoms with E-state index in [4.69, 9.17) is 4.74 Å². The summed E-state index contributed by atoms with van der Waals surface area (Å²) in [6.45, 7) is 5.15. The van der Waals surface area contributed by atoms with Gasteiger partial charge in [-0.1, -0.05) is 45.4 Å². The van der Waals surface area contributed by atoms with E-state index in [9.17, 15) is 5.11 Å². The lowest BCUT2D eigenvalue weighted by atomic mass is 10.1. The summed E-state index contributed by atoms with van der Waals surface area (Å²) < 4.78 is 5.52. The van der Waals surface area contributed by atoms with Crippen LogP contribution in [0.3, 0.4) is 0 Å². The first kappa shape index (κ1) is 21.2. The molecule has 4 heteroatoms. The molecule has 1 atom stereocenters. The molecule has 0 aromatic carbocycles. The molecule has 21 heavy (non-hydrogen) atoms. The van der Waals surface area contributed by atoms with Crippen molar-refractivity contribution in [1.29, 1.82) is 0 Å². The number of hydrogen-bond acceptors (Lipinski definition) is 4. The minimum Gasteiger partial charge on any atom is -0.389 e. The molecule has 0 saturated carbocycles. The van der Waals surface area contributed by atoms with Gasteiger partial charge in [0.1, 0.15) is 0 Å². The summed E-state index contributed by atoms with van der Waals surface area (Å²) in [5, 5.41) is 13.1. The molecule has 0 fully saturated rings. The van der Waals surface area contributed by atoms with E-state index in [2.05, 4.69) is 18.5 Å². The second-order valence-electron chi connectivity index (χ2n) is 5.75. The summed E-state index contributed by atoms with van der Waals surface area (Å²) >= 11 is 1.91. The maximum atomic E-state index is 9.77. The van der Waals surface area contributed by atoms with Gasteiger partial charge in [-0.2, -0.15) is 11.8 Å². The lowest BCUT2D eigenvalue weighted by molar-refractivity contribution is 0.0355. The zero-order chi connectivity index (χ0) is 15.6. The van der Waals surface area contributed by atoms with Gasteiger partial charge in [0.25, 0.3) is 0 Å². The van der Waals surface area contributed by atoms with Gasteiger partial charge in [0.2, 0.25) is 0 Å². The number of nitrogens with one attached hydrogen (secondary N) is 1. The van der Waals surface area contributed by atoms with Gasteiger partial charge in [0.15, 0.2) is 0 Å². The molecule has 0 rings (SSSR count). The summed E-state index contributed by atoms with van der Waals surface area (Å²) in [5.74, 6) is 1.26. The highest BCUT2D eigenvalue weighted by Gasteiger charge is 2.03. The number of aliphatic hydroxyl groups is 1. The van der Waals surface area contributed by atoms with Crippen LogP contribution in [0.2, 0.25) is 0 Å². The maximum absolute atomic E-state index is 9.77. The van der Waals surface area contributed by atoms with E-state index >= 15 is 0 Å². The highest BCUT2D eigenvalue weighted by Crippen LogP contribution is 2.05. The third kappa shape index (κ3) is 18.2. The summed E-state index contributed by atoms with van der Waals surface area (Å²) in [6.07, 6.45) is 13.3. The number of unbranched alkanes of at least 4 members (excludes halogenated alkanes) is 7. The van der Waals surface area contributed by atoms with Crippen molar-refractivity contribution in [3.8, 4) is 0 Å². The van der Waals surface area contributed by atoms with E-state index in [1.54, 1.807) is 0 Å². The Morgan fingerprint density at radius 3 is 2.48 bits per heavy atom. The van der Waals surface area contributed by atoms with E-state index in [1.165, 1.54) is 57.1 Å². The highest BCUT2D eigenvalue weighted by molar-refractivity contribution is 7.98. The lowest BCUT2D eigenvalue weighted by Crippen LogP contribution is -2.31. The molecular formula is C17H37NO2S. The molecular weight excluding hydrogens is 282 g/mol. The molecule has 1 unspecified atom stereocenters. The van der Waals surface area contributed by atoms with Crippen molar-refractivity contribution in [1.82, 2.24) is 5.32 Å². The summed E-state index contributed by atoms with van der Waals surface area (Å²) in [6, 6.07) is 0. The normalized spacial score (nSPS) is 12.7. The molecule has 0 saturated heterocycles. The monoisotopic (exact) mass is 319 g/mol. The molecule has 0 bridgehead atoms. The number of rotatable bonds is 17. The van der Waals surface area contributed by atoms with Crippen LogP contribution < -0.4 is 5.32 Å². The Kier molecular flexibility index (Phi) is 18.5. The van der Waals surface area contributed by atoms with Crippen molar-refractivity contribution in [3.05, 3.63) is 0 Å². The summed E-state index contributed by atoms with van der Waals surface area (Å²) in [7, 11) is 0. The minimum absolute atomic E-state index is 0.365. The molecule has 3 nitrogen and oxygen atoms in total. The first-order valence-electron chi connectivity index (χ1n) is 8.76. The summed E-state index contributed by atoms with van der Waals surface area (Å²) in [4.78, 5) is 0. The zero-order valence-electron chi connectivity index (χ0n) is 14.2. The molecule has 0 heterocycles. The van der Waals surface area contributed by atoms with E-state index in [-0.39, 0.29) is 6.10 Å². The molecule has 0 aromatic heterocycles. The fraction of sp³-hybridized carbons (Fsp3) is 1.00. The molecule has 0 aliphatic carbocycles. The third-order valence-corrected chi connectivity index (χ3v) is 4.23. The Labute approximate surface area is 136 Å². The predicted molar refractivity (Wildman–Crippen MR) is 95.3 cm³/mol. The van der Waals surface area contributed by atoms with Crippen LogP contribution in [-0.2, 0) is 4.74 Å². The molecule has 2 N–H and O–H groups in total. The highest BCUT2D eigenvalue weighted by atomic mass is 32.2. The van der Waals surface area contributed by atoms with Crippen LogP contribution in [-0.4, -0.2) is 49.5 Å². The maximum Gasteiger partial charge on any atom is 0.0897 e. The van der Waals surface area contributed by atoms with Crippen LogP contribution >= 0.6 is 11.8 Å². The van der Waals surface area contributed by atoms with Crippen molar-refractivity contribution in [2.24, 2.45) is 0 Å². The van der Waals surface area contributed by atoms with Crippen molar-refractivity contribution < 1.29 is 9.84 Å². The molecule has 0 radical (unpaired) electrons. The molecule has 0 aliphatic heterocycles. The average Bonchev–Trinajstić information content (AvgIpc) is 2.49. The fourth-order valence-electron chi connectivity index (χ4n) is 2.20. The number of ether oxygens (including phenoxy) is 1. The molecule has 128 valence electrons. The largest absolute Gasteiger partial charge is 0.389 e. The fourth-order valence-corrected chi connectivity index (χ4v) is 2.70. The van der Waals surface area contributed by atoms with Gasteiger partial charge in [-0.3, -0.25) is 0 Å².